The third-order valence-electron chi connectivity index (χ3n) is 7.44. The highest BCUT2D eigenvalue weighted by Crippen LogP contribution is 2.38. The summed E-state index contributed by atoms with van der Waals surface area (Å²) in [6.07, 6.45) is 8.84. The molecule has 3 aromatic rings. The number of hydrogen-bond acceptors (Lipinski definition) is 9. The van der Waals surface area contributed by atoms with Gasteiger partial charge in [-0.2, -0.15) is 0 Å². The molecule has 198 valence electrons. The van der Waals surface area contributed by atoms with Gasteiger partial charge in [-0.3, -0.25) is 4.90 Å². The van der Waals surface area contributed by atoms with E-state index < -0.39 is 0 Å². The number of nitrogens with zero attached hydrogens (tertiary/aromatic N) is 5. The number of rotatable bonds is 10. The van der Waals surface area contributed by atoms with Crippen molar-refractivity contribution in [2.24, 2.45) is 0 Å². The van der Waals surface area contributed by atoms with Crippen LogP contribution in [0.3, 0.4) is 0 Å². The molecule has 2 aliphatic rings. The lowest BCUT2D eigenvalue weighted by molar-refractivity contribution is 0.0527. The molecule has 1 aromatic carbocycles. The molecule has 1 saturated heterocycles. The van der Waals surface area contributed by atoms with E-state index in [4.69, 9.17) is 14.2 Å². The second-order valence-corrected chi connectivity index (χ2v) is 10.1. The molecule has 2 aromatic heterocycles. The van der Waals surface area contributed by atoms with E-state index in [0.717, 1.165) is 86.1 Å². The lowest BCUT2D eigenvalue weighted by Gasteiger charge is -2.33. The van der Waals surface area contributed by atoms with Crippen LogP contribution in [0.25, 0.3) is 11.3 Å². The maximum atomic E-state index is 9.23. The van der Waals surface area contributed by atoms with Crippen molar-refractivity contribution in [3.05, 3.63) is 48.0 Å². The largest absolute Gasteiger partial charge is 0.493 e. The molecule has 1 aliphatic carbocycles. The SMILES string of the molecule is Cc1onc(C2CCCCC2)c1-c1ccnc(Nc2cccc(OCCCN3CCN(CO)CC3)c2)n1. The van der Waals surface area contributed by atoms with Crippen molar-refractivity contribution in [2.45, 2.75) is 51.4 Å². The van der Waals surface area contributed by atoms with Gasteiger partial charge in [-0.15, -0.1) is 0 Å². The second-order valence-electron chi connectivity index (χ2n) is 10.1. The number of aliphatic hydroxyl groups is 1. The third kappa shape index (κ3) is 6.66. The van der Waals surface area contributed by atoms with E-state index in [9.17, 15) is 5.11 Å². The summed E-state index contributed by atoms with van der Waals surface area (Å²) in [4.78, 5) is 13.7. The summed E-state index contributed by atoms with van der Waals surface area (Å²) < 4.78 is 11.6. The highest BCUT2D eigenvalue weighted by Gasteiger charge is 2.25. The molecule has 2 N–H and O–H groups in total. The van der Waals surface area contributed by atoms with Crippen LogP contribution in [0, 0.1) is 6.92 Å². The molecule has 9 nitrogen and oxygen atoms in total. The van der Waals surface area contributed by atoms with Crippen molar-refractivity contribution < 1.29 is 14.4 Å². The van der Waals surface area contributed by atoms with Gasteiger partial charge in [0.1, 0.15) is 11.5 Å². The fourth-order valence-corrected chi connectivity index (χ4v) is 5.34. The number of aliphatic hydroxyl groups excluding tert-OH is 1. The number of aromatic nitrogens is 3. The second kappa shape index (κ2) is 12.5. The van der Waals surface area contributed by atoms with Gasteiger partial charge in [0.2, 0.25) is 5.95 Å². The fraction of sp³-hybridized carbons (Fsp3) is 0.536. The van der Waals surface area contributed by atoms with Gasteiger partial charge in [0.05, 0.1) is 30.3 Å². The van der Waals surface area contributed by atoms with Crippen molar-refractivity contribution in [3.8, 4) is 17.0 Å². The first kappa shape index (κ1) is 25.6. The number of hydrogen-bond donors (Lipinski definition) is 2. The van der Waals surface area contributed by atoms with Gasteiger partial charge >= 0.3 is 0 Å². The van der Waals surface area contributed by atoms with E-state index in [2.05, 4.69) is 25.3 Å². The summed E-state index contributed by atoms with van der Waals surface area (Å²) in [6.45, 7) is 7.61. The van der Waals surface area contributed by atoms with Crippen LogP contribution in [0.1, 0.15) is 55.9 Å². The van der Waals surface area contributed by atoms with Crippen molar-refractivity contribution in [1.29, 1.82) is 0 Å². The van der Waals surface area contributed by atoms with E-state index in [1.807, 2.05) is 37.3 Å². The lowest BCUT2D eigenvalue weighted by atomic mass is 9.85. The van der Waals surface area contributed by atoms with Crippen LogP contribution in [0.15, 0.2) is 41.1 Å². The van der Waals surface area contributed by atoms with Crippen LogP contribution in [-0.4, -0.2) is 76.1 Å². The Morgan fingerprint density at radius 3 is 2.70 bits per heavy atom. The molecule has 3 heterocycles. The van der Waals surface area contributed by atoms with Crippen LogP contribution < -0.4 is 10.1 Å². The number of anilines is 2. The first-order chi connectivity index (χ1) is 18.2. The predicted octanol–water partition coefficient (Wildman–Crippen LogP) is 4.57. The molecular weight excluding hydrogens is 468 g/mol. The Bertz CT molecular complexity index is 1140. The first-order valence-corrected chi connectivity index (χ1v) is 13.5. The van der Waals surface area contributed by atoms with E-state index in [1.165, 1.54) is 19.3 Å². The summed E-state index contributed by atoms with van der Waals surface area (Å²) in [5, 5.41) is 17.0. The molecule has 0 amide bonds. The molecule has 9 heteroatoms. The highest BCUT2D eigenvalue weighted by molar-refractivity contribution is 5.66. The van der Waals surface area contributed by atoms with E-state index in [0.29, 0.717) is 18.5 Å². The first-order valence-electron chi connectivity index (χ1n) is 13.5. The number of aryl methyl sites for hydroxylation is 1. The fourth-order valence-electron chi connectivity index (χ4n) is 5.34. The zero-order valence-corrected chi connectivity index (χ0v) is 21.7. The summed E-state index contributed by atoms with van der Waals surface area (Å²) in [7, 11) is 0. The van der Waals surface area contributed by atoms with Crippen LogP contribution in [0.5, 0.6) is 5.75 Å². The molecule has 1 saturated carbocycles. The van der Waals surface area contributed by atoms with E-state index in [-0.39, 0.29) is 6.73 Å². The van der Waals surface area contributed by atoms with Gasteiger partial charge in [0, 0.05) is 56.6 Å². The Kier molecular flexibility index (Phi) is 8.65. The van der Waals surface area contributed by atoms with Gasteiger partial charge in [0.25, 0.3) is 0 Å². The molecule has 0 bridgehead atoms. The molecule has 1 aliphatic heterocycles. The Hall–Kier alpha value is -3.01. The summed E-state index contributed by atoms with van der Waals surface area (Å²) in [5.74, 6) is 2.59. The topological polar surface area (TPSA) is 99.8 Å². The zero-order valence-electron chi connectivity index (χ0n) is 21.7. The molecule has 0 unspecified atom stereocenters. The Morgan fingerprint density at radius 2 is 1.89 bits per heavy atom. The van der Waals surface area contributed by atoms with Crippen molar-refractivity contribution in [1.82, 2.24) is 24.9 Å². The summed E-state index contributed by atoms with van der Waals surface area (Å²) >= 11 is 0. The zero-order chi connectivity index (χ0) is 25.5. The Balaban J connectivity index is 1.18. The monoisotopic (exact) mass is 506 g/mol. The standard InChI is InChI=1S/C28H38N6O3/c1-21-26(27(32-37-21)22-7-3-2-4-8-22)25-11-12-29-28(31-25)30-23-9-5-10-24(19-23)36-18-6-13-33-14-16-34(20-35)17-15-33/h5,9-12,19,22,35H,2-4,6-8,13-18,20H2,1H3,(H,29,30,31). The lowest BCUT2D eigenvalue weighted by Crippen LogP contribution is -2.46. The average molecular weight is 507 g/mol. The number of piperazine rings is 1. The van der Waals surface area contributed by atoms with E-state index in [1.54, 1.807) is 6.20 Å². The van der Waals surface area contributed by atoms with Crippen molar-refractivity contribution >= 4 is 11.6 Å². The molecule has 5 rings (SSSR count). The molecule has 37 heavy (non-hydrogen) atoms. The van der Waals surface area contributed by atoms with Crippen LogP contribution >= 0.6 is 0 Å². The van der Waals surface area contributed by atoms with Crippen molar-refractivity contribution in [3.63, 3.8) is 0 Å². The van der Waals surface area contributed by atoms with Gasteiger partial charge in [-0.05, 0) is 44.4 Å². The summed E-state index contributed by atoms with van der Waals surface area (Å²) in [6, 6.07) is 9.84. The van der Waals surface area contributed by atoms with E-state index >= 15 is 0 Å². The van der Waals surface area contributed by atoms with Crippen LogP contribution in [0.4, 0.5) is 11.6 Å². The normalized spacial score (nSPS) is 17.7. The molecule has 0 radical (unpaired) electrons. The molecule has 2 fully saturated rings. The molecule has 0 spiro atoms. The highest BCUT2D eigenvalue weighted by atomic mass is 16.5. The number of ether oxygens (including phenoxy) is 1. The van der Waals surface area contributed by atoms with Gasteiger partial charge < -0.3 is 24.6 Å². The quantitative estimate of drug-likeness (QED) is 0.383. The van der Waals surface area contributed by atoms with Gasteiger partial charge in [-0.25, -0.2) is 9.97 Å². The number of nitrogens with one attached hydrogen (secondary N) is 1. The minimum Gasteiger partial charge on any atom is -0.493 e. The maximum Gasteiger partial charge on any atom is 0.227 e. The minimum absolute atomic E-state index is 0.151. The maximum absolute atomic E-state index is 9.23. The molecular formula is C28H38N6O3. The smallest absolute Gasteiger partial charge is 0.227 e. The van der Waals surface area contributed by atoms with Crippen LogP contribution in [0.2, 0.25) is 0 Å². The van der Waals surface area contributed by atoms with Gasteiger partial charge in [0.15, 0.2) is 0 Å². The average Bonchev–Trinajstić information content (AvgIpc) is 3.33. The Labute approximate surface area is 218 Å². The molecule has 0 atom stereocenters. The third-order valence-corrected chi connectivity index (χ3v) is 7.44. The number of benzene rings is 1. The van der Waals surface area contributed by atoms with Gasteiger partial charge in [-0.1, -0.05) is 30.5 Å². The van der Waals surface area contributed by atoms with Crippen molar-refractivity contribution in [2.75, 3.05) is 51.4 Å². The minimum atomic E-state index is 0.151. The predicted molar refractivity (Wildman–Crippen MR) is 143 cm³/mol. The summed E-state index contributed by atoms with van der Waals surface area (Å²) in [5.41, 5.74) is 3.76. The van der Waals surface area contributed by atoms with Crippen LogP contribution in [-0.2, 0) is 0 Å². The Morgan fingerprint density at radius 1 is 1.08 bits per heavy atom.